The highest BCUT2D eigenvalue weighted by molar-refractivity contribution is 7.20. The van der Waals surface area contributed by atoms with Crippen LogP contribution in [0.25, 0.3) is 15.8 Å². The van der Waals surface area contributed by atoms with Gasteiger partial charge in [0, 0.05) is 44.9 Å². The number of aryl methyl sites for hydroxylation is 1. The summed E-state index contributed by atoms with van der Waals surface area (Å²) in [6.07, 6.45) is 1.61. The van der Waals surface area contributed by atoms with Crippen molar-refractivity contribution in [3.8, 4) is 11.4 Å². The number of hydrazone groups is 1. The van der Waals surface area contributed by atoms with Crippen molar-refractivity contribution < 1.29 is 14.5 Å². The van der Waals surface area contributed by atoms with Gasteiger partial charge in [-0.15, -0.1) is 11.3 Å². The summed E-state index contributed by atoms with van der Waals surface area (Å²) in [5, 5.41) is 15.7. The molecule has 2 aromatic heterocycles. The summed E-state index contributed by atoms with van der Waals surface area (Å²) >= 11 is 1.26. The van der Waals surface area contributed by atoms with Crippen LogP contribution in [0.2, 0.25) is 0 Å². The van der Waals surface area contributed by atoms with Crippen LogP contribution in [0.5, 0.6) is 5.75 Å². The Labute approximate surface area is 194 Å². The third kappa shape index (κ3) is 4.63. The van der Waals surface area contributed by atoms with E-state index in [1.54, 1.807) is 18.3 Å². The number of amides is 1. The van der Waals surface area contributed by atoms with E-state index in [1.807, 2.05) is 51.1 Å². The number of hydrogen-bond acceptors (Lipinski definition) is 6. The number of benzene rings is 2. The quantitative estimate of drug-likeness (QED) is 0.226. The highest BCUT2D eigenvalue weighted by Crippen LogP contribution is 2.29. The predicted octanol–water partition coefficient (Wildman–Crippen LogP) is 5.38. The molecule has 0 bridgehead atoms. The number of non-ortho nitro benzene ring substituents is 1. The number of nitrogens with zero attached hydrogens (tertiary/aromatic N) is 3. The third-order valence-electron chi connectivity index (χ3n) is 5.18. The molecule has 4 aromatic rings. The van der Waals surface area contributed by atoms with Crippen LogP contribution < -0.4 is 10.2 Å². The number of carbonyl (C=O) groups excluding carboxylic acids is 1. The van der Waals surface area contributed by atoms with Crippen molar-refractivity contribution in [1.29, 1.82) is 0 Å². The first-order chi connectivity index (χ1) is 15.9. The number of fused-ring (bicyclic) bond motifs is 1. The molecule has 2 heterocycles. The topological polar surface area (TPSA) is 98.8 Å². The number of rotatable bonds is 7. The SMILES string of the molecule is CCOc1ccc(-n2c(C)cc(/C=N\NC(=O)c3cc4cc([N+](=O)[O-])ccc4s3)c2C)cc1. The second-order valence-corrected chi connectivity index (χ2v) is 8.46. The summed E-state index contributed by atoms with van der Waals surface area (Å²) in [5.41, 5.74) is 6.46. The third-order valence-corrected chi connectivity index (χ3v) is 6.30. The lowest BCUT2D eigenvalue weighted by Crippen LogP contribution is -2.16. The summed E-state index contributed by atoms with van der Waals surface area (Å²) in [5.74, 6) is 0.458. The van der Waals surface area contributed by atoms with Gasteiger partial charge in [0.15, 0.2) is 0 Å². The molecule has 0 aliphatic heterocycles. The van der Waals surface area contributed by atoms with E-state index in [-0.39, 0.29) is 11.6 Å². The molecule has 0 spiro atoms. The van der Waals surface area contributed by atoms with E-state index in [0.29, 0.717) is 16.9 Å². The van der Waals surface area contributed by atoms with Crippen molar-refractivity contribution in [3.63, 3.8) is 0 Å². The second kappa shape index (κ2) is 9.25. The van der Waals surface area contributed by atoms with Crippen LogP contribution in [0.4, 0.5) is 5.69 Å². The van der Waals surface area contributed by atoms with Crippen molar-refractivity contribution in [2.24, 2.45) is 5.10 Å². The molecule has 1 N–H and O–H groups in total. The molecule has 4 rings (SSSR count). The zero-order valence-corrected chi connectivity index (χ0v) is 19.2. The molecular weight excluding hydrogens is 440 g/mol. The number of nitro groups is 1. The van der Waals surface area contributed by atoms with Gasteiger partial charge in [0.05, 0.1) is 22.6 Å². The Balaban J connectivity index is 1.49. The number of ether oxygens (including phenoxy) is 1. The lowest BCUT2D eigenvalue weighted by molar-refractivity contribution is -0.384. The highest BCUT2D eigenvalue weighted by Gasteiger charge is 2.14. The standard InChI is InChI=1S/C24H22N4O4S/c1-4-32-21-8-5-19(6-9-21)27-15(2)11-18(16(27)3)14-25-26-24(29)23-13-17-12-20(28(30)31)7-10-22(17)33-23/h5-14H,4H2,1-3H3,(H,26,29)/b25-14-. The van der Waals surface area contributed by atoms with Gasteiger partial charge in [0.25, 0.3) is 11.6 Å². The minimum atomic E-state index is -0.453. The number of nitrogens with one attached hydrogen (secondary N) is 1. The summed E-state index contributed by atoms with van der Waals surface area (Å²) in [6, 6.07) is 16.0. The molecule has 0 aliphatic rings. The van der Waals surface area contributed by atoms with E-state index in [0.717, 1.165) is 33.1 Å². The Morgan fingerprint density at radius 1 is 1.18 bits per heavy atom. The molecule has 0 radical (unpaired) electrons. The molecule has 0 aliphatic carbocycles. The van der Waals surface area contributed by atoms with Gasteiger partial charge < -0.3 is 9.30 Å². The Hall–Kier alpha value is -3.98. The molecule has 0 saturated carbocycles. The first-order valence-corrected chi connectivity index (χ1v) is 11.1. The first kappa shape index (κ1) is 22.2. The monoisotopic (exact) mass is 462 g/mol. The maximum absolute atomic E-state index is 12.5. The molecule has 8 nitrogen and oxygen atoms in total. The van der Waals surface area contributed by atoms with Crippen molar-refractivity contribution in [2.75, 3.05) is 6.61 Å². The lowest BCUT2D eigenvalue weighted by Gasteiger charge is -2.10. The molecule has 0 fully saturated rings. The molecule has 0 atom stereocenters. The average molecular weight is 463 g/mol. The molecule has 168 valence electrons. The Kier molecular flexibility index (Phi) is 6.23. The van der Waals surface area contributed by atoms with Crippen LogP contribution in [0.15, 0.2) is 59.7 Å². The summed E-state index contributed by atoms with van der Waals surface area (Å²) < 4.78 is 8.42. The van der Waals surface area contributed by atoms with Gasteiger partial charge in [-0.05, 0) is 63.2 Å². The van der Waals surface area contributed by atoms with Crippen molar-refractivity contribution >= 4 is 39.2 Å². The van der Waals surface area contributed by atoms with E-state index in [4.69, 9.17) is 4.74 Å². The van der Waals surface area contributed by atoms with E-state index >= 15 is 0 Å². The molecule has 9 heteroatoms. The maximum Gasteiger partial charge on any atom is 0.281 e. The largest absolute Gasteiger partial charge is 0.494 e. The van der Waals surface area contributed by atoms with Crippen LogP contribution in [0.1, 0.15) is 33.5 Å². The number of thiophene rings is 1. The number of hydrogen-bond donors (Lipinski definition) is 1. The molecule has 33 heavy (non-hydrogen) atoms. The van der Waals surface area contributed by atoms with Crippen molar-refractivity contribution in [3.05, 3.63) is 86.5 Å². The lowest BCUT2D eigenvalue weighted by atomic mass is 10.2. The first-order valence-electron chi connectivity index (χ1n) is 10.3. The van der Waals surface area contributed by atoms with Crippen LogP contribution in [0.3, 0.4) is 0 Å². The molecular formula is C24H22N4O4S. The van der Waals surface area contributed by atoms with Crippen LogP contribution >= 0.6 is 11.3 Å². The van der Waals surface area contributed by atoms with Gasteiger partial charge in [-0.1, -0.05) is 0 Å². The van der Waals surface area contributed by atoms with Crippen molar-refractivity contribution in [1.82, 2.24) is 9.99 Å². The number of nitro benzene ring substituents is 1. The van der Waals surface area contributed by atoms with Crippen LogP contribution in [-0.4, -0.2) is 28.2 Å². The smallest absolute Gasteiger partial charge is 0.281 e. The van der Waals surface area contributed by atoms with Gasteiger partial charge in [0.1, 0.15) is 5.75 Å². The van der Waals surface area contributed by atoms with Gasteiger partial charge in [0.2, 0.25) is 0 Å². The molecule has 1 amide bonds. The van der Waals surface area contributed by atoms with E-state index < -0.39 is 4.92 Å². The Morgan fingerprint density at radius 2 is 1.94 bits per heavy atom. The van der Waals surface area contributed by atoms with Crippen molar-refractivity contribution in [2.45, 2.75) is 20.8 Å². The normalized spacial score (nSPS) is 11.2. The number of carbonyl (C=O) groups is 1. The van der Waals surface area contributed by atoms with E-state index in [2.05, 4.69) is 15.1 Å². The second-order valence-electron chi connectivity index (χ2n) is 7.38. The molecule has 0 unspecified atom stereocenters. The summed E-state index contributed by atoms with van der Waals surface area (Å²) in [4.78, 5) is 23.5. The average Bonchev–Trinajstić information content (AvgIpc) is 3.34. The zero-order valence-electron chi connectivity index (χ0n) is 18.4. The predicted molar refractivity (Wildman–Crippen MR) is 130 cm³/mol. The van der Waals surface area contributed by atoms with Gasteiger partial charge in [-0.25, -0.2) is 5.43 Å². The zero-order chi connectivity index (χ0) is 23.5. The van der Waals surface area contributed by atoms with Gasteiger partial charge in [-0.3, -0.25) is 14.9 Å². The molecule has 0 saturated heterocycles. The minimum absolute atomic E-state index is 0.00633. The van der Waals surface area contributed by atoms with Crippen LogP contribution in [-0.2, 0) is 0 Å². The summed E-state index contributed by atoms with van der Waals surface area (Å²) in [6.45, 7) is 6.57. The fourth-order valence-corrected chi connectivity index (χ4v) is 4.58. The fraction of sp³-hybridized carbons (Fsp3) is 0.167. The van der Waals surface area contributed by atoms with E-state index in [1.165, 1.54) is 23.5 Å². The van der Waals surface area contributed by atoms with Gasteiger partial charge in [-0.2, -0.15) is 5.10 Å². The maximum atomic E-state index is 12.5. The van der Waals surface area contributed by atoms with E-state index in [9.17, 15) is 14.9 Å². The Bertz CT molecular complexity index is 1370. The fourth-order valence-electron chi connectivity index (χ4n) is 3.65. The highest BCUT2D eigenvalue weighted by atomic mass is 32.1. The Morgan fingerprint density at radius 3 is 2.64 bits per heavy atom. The van der Waals surface area contributed by atoms with Crippen LogP contribution in [0, 0.1) is 24.0 Å². The molecule has 2 aromatic carbocycles. The van der Waals surface area contributed by atoms with Gasteiger partial charge >= 0.3 is 0 Å². The minimum Gasteiger partial charge on any atom is -0.494 e. The summed E-state index contributed by atoms with van der Waals surface area (Å²) in [7, 11) is 0. The number of aromatic nitrogens is 1.